The van der Waals surface area contributed by atoms with E-state index in [1.54, 1.807) is 23.1 Å². The summed E-state index contributed by atoms with van der Waals surface area (Å²) in [6, 6.07) is 12.7. The topological polar surface area (TPSA) is 91.5 Å². The lowest BCUT2D eigenvalue weighted by Gasteiger charge is -2.32. The third-order valence-corrected chi connectivity index (χ3v) is 5.20. The lowest BCUT2D eigenvalue weighted by Crippen LogP contribution is -2.40. The van der Waals surface area contributed by atoms with Crippen LogP contribution < -0.4 is 10.7 Å². The Morgan fingerprint density at radius 2 is 1.87 bits per heavy atom. The summed E-state index contributed by atoms with van der Waals surface area (Å²) < 4.78 is 5.47. The minimum absolute atomic E-state index is 0.0579. The zero-order chi connectivity index (χ0) is 22.2. The number of hydrogen-bond acceptors (Lipinski definition) is 4. The molecule has 0 radical (unpaired) electrons. The Hall–Kier alpha value is -3.61. The highest BCUT2D eigenvalue weighted by molar-refractivity contribution is 6.06. The quantitative estimate of drug-likeness (QED) is 0.655. The number of H-pyrrole nitrogens is 1. The van der Waals surface area contributed by atoms with Gasteiger partial charge in [0, 0.05) is 35.9 Å². The van der Waals surface area contributed by atoms with E-state index in [0.29, 0.717) is 36.1 Å². The van der Waals surface area contributed by atoms with Gasteiger partial charge in [0.15, 0.2) is 0 Å². The van der Waals surface area contributed by atoms with Gasteiger partial charge in [0.2, 0.25) is 5.43 Å². The van der Waals surface area contributed by atoms with Crippen molar-refractivity contribution in [3.63, 3.8) is 0 Å². The van der Waals surface area contributed by atoms with Crippen molar-refractivity contribution < 1.29 is 14.3 Å². The molecular formula is C24H25N3O4. The number of benzene rings is 2. The molecule has 1 aliphatic heterocycles. The molecule has 2 aromatic carbocycles. The van der Waals surface area contributed by atoms with Crippen LogP contribution in [0.15, 0.2) is 53.5 Å². The standard InChI is InChI=1S/C24H25N3O4/c1-24(2,3)31-23(30)27-12-11-16-15(14-27)7-6-10-20(16)26-22(29)18-13-25-19-9-5-4-8-17(19)21(18)28/h4-10,13H,11-12,14H2,1-3H3,(H,25,28)(H,26,29). The van der Waals surface area contributed by atoms with Crippen molar-refractivity contribution in [2.24, 2.45) is 0 Å². The van der Waals surface area contributed by atoms with E-state index in [1.807, 2.05) is 45.0 Å². The molecule has 1 aliphatic rings. The van der Waals surface area contributed by atoms with E-state index in [1.165, 1.54) is 6.20 Å². The van der Waals surface area contributed by atoms with Gasteiger partial charge in [0.1, 0.15) is 11.2 Å². The van der Waals surface area contributed by atoms with Crippen LogP contribution in [-0.4, -0.2) is 34.0 Å². The SMILES string of the molecule is CC(C)(C)OC(=O)N1CCc2c(cccc2NC(=O)c2c[nH]c3ccccc3c2=O)C1. The van der Waals surface area contributed by atoms with Crippen molar-refractivity contribution in [1.82, 2.24) is 9.88 Å². The summed E-state index contributed by atoms with van der Waals surface area (Å²) in [7, 11) is 0. The lowest BCUT2D eigenvalue weighted by molar-refractivity contribution is 0.0224. The molecular weight excluding hydrogens is 394 g/mol. The number of rotatable bonds is 2. The average molecular weight is 419 g/mol. The van der Waals surface area contributed by atoms with E-state index in [2.05, 4.69) is 10.3 Å². The number of amides is 2. The van der Waals surface area contributed by atoms with Gasteiger partial charge in [-0.15, -0.1) is 0 Å². The number of hydrogen-bond donors (Lipinski definition) is 2. The number of ether oxygens (including phenoxy) is 1. The van der Waals surface area contributed by atoms with Crippen molar-refractivity contribution in [3.8, 4) is 0 Å². The molecule has 160 valence electrons. The van der Waals surface area contributed by atoms with Crippen LogP contribution in [-0.2, 0) is 17.7 Å². The lowest BCUT2D eigenvalue weighted by atomic mass is 9.97. The molecule has 0 atom stereocenters. The first kappa shape index (κ1) is 20.7. The molecule has 0 aliphatic carbocycles. The minimum atomic E-state index is -0.555. The summed E-state index contributed by atoms with van der Waals surface area (Å²) >= 11 is 0. The second-order valence-electron chi connectivity index (χ2n) is 8.63. The number of para-hydroxylation sites is 1. The van der Waals surface area contributed by atoms with Crippen LogP contribution in [0.3, 0.4) is 0 Å². The van der Waals surface area contributed by atoms with Crippen LogP contribution in [0.5, 0.6) is 0 Å². The molecule has 3 aromatic rings. The maximum absolute atomic E-state index is 12.9. The largest absolute Gasteiger partial charge is 0.444 e. The van der Waals surface area contributed by atoms with Gasteiger partial charge in [-0.2, -0.15) is 0 Å². The summed E-state index contributed by atoms with van der Waals surface area (Å²) in [5.41, 5.74) is 2.44. The molecule has 31 heavy (non-hydrogen) atoms. The number of aromatic nitrogens is 1. The highest BCUT2D eigenvalue weighted by atomic mass is 16.6. The van der Waals surface area contributed by atoms with Gasteiger partial charge in [0.05, 0.1) is 0 Å². The number of carbonyl (C=O) groups is 2. The molecule has 0 unspecified atom stereocenters. The second kappa shape index (κ2) is 7.91. The Labute approximate surface area is 180 Å². The third-order valence-electron chi connectivity index (χ3n) is 5.20. The van der Waals surface area contributed by atoms with Crippen molar-refractivity contribution in [2.45, 2.75) is 39.3 Å². The fourth-order valence-corrected chi connectivity index (χ4v) is 3.73. The minimum Gasteiger partial charge on any atom is -0.444 e. The van der Waals surface area contributed by atoms with Crippen LogP contribution in [0, 0.1) is 0 Å². The number of aromatic amines is 1. The van der Waals surface area contributed by atoms with E-state index in [0.717, 1.165) is 11.1 Å². The molecule has 7 nitrogen and oxygen atoms in total. The van der Waals surface area contributed by atoms with E-state index >= 15 is 0 Å². The normalized spacial score (nSPS) is 13.6. The van der Waals surface area contributed by atoms with E-state index in [9.17, 15) is 14.4 Å². The van der Waals surface area contributed by atoms with Gasteiger partial charge in [-0.25, -0.2) is 4.79 Å². The Morgan fingerprint density at radius 1 is 1.10 bits per heavy atom. The molecule has 0 saturated heterocycles. The van der Waals surface area contributed by atoms with Crippen LogP contribution in [0.2, 0.25) is 0 Å². The number of carbonyl (C=O) groups excluding carboxylic acids is 2. The van der Waals surface area contributed by atoms with Gasteiger partial charge in [0.25, 0.3) is 5.91 Å². The Morgan fingerprint density at radius 3 is 2.65 bits per heavy atom. The van der Waals surface area contributed by atoms with E-state index < -0.39 is 11.5 Å². The first-order valence-electron chi connectivity index (χ1n) is 10.2. The zero-order valence-electron chi connectivity index (χ0n) is 17.8. The number of pyridine rings is 1. The monoisotopic (exact) mass is 419 g/mol. The smallest absolute Gasteiger partial charge is 0.410 e. The van der Waals surface area contributed by atoms with Crippen LogP contribution in [0.4, 0.5) is 10.5 Å². The van der Waals surface area contributed by atoms with Crippen LogP contribution in [0.25, 0.3) is 10.9 Å². The Balaban J connectivity index is 1.56. The summed E-state index contributed by atoms with van der Waals surface area (Å²) in [5.74, 6) is -0.463. The van der Waals surface area contributed by atoms with Crippen LogP contribution >= 0.6 is 0 Å². The fraction of sp³-hybridized carbons (Fsp3) is 0.292. The van der Waals surface area contributed by atoms with E-state index in [4.69, 9.17) is 4.74 Å². The van der Waals surface area contributed by atoms with Gasteiger partial charge in [-0.05, 0) is 56.5 Å². The van der Waals surface area contributed by atoms with E-state index in [-0.39, 0.29) is 17.1 Å². The zero-order valence-corrected chi connectivity index (χ0v) is 17.8. The first-order chi connectivity index (χ1) is 14.7. The molecule has 2 amide bonds. The predicted octanol–water partition coefficient (Wildman–Crippen LogP) is 4.07. The maximum atomic E-state index is 12.9. The molecule has 1 aromatic heterocycles. The van der Waals surface area contributed by atoms with Crippen molar-refractivity contribution in [2.75, 3.05) is 11.9 Å². The highest BCUT2D eigenvalue weighted by Gasteiger charge is 2.27. The van der Waals surface area contributed by atoms with Gasteiger partial charge >= 0.3 is 6.09 Å². The molecule has 0 saturated carbocycles. The average Bonchev–Trinajstić information content (AvgIpc) is 2.72. The molecule has 0 spiro atoms. The summed E-state index contributed by atoms with van der Waals surface area (Å²) in [6.45, 7) is 6.41. The van der Waals surface area contributed by atoms with Gasteiger partial charge in [-0.1, -0.05) is 24.3 Å². The Kier molecular flexibility index (Phi) is 5.27. The molecule has 0 bridgehead atoms. The number of fused-ring (bicyclic) bond motifs is 2. The Bertz CT molecular complexity index is 1220. The molecule has 4 rings (SSSR count). The maximum Gasteiger partial charge on any atom is 0.410 e. The number of nitrogens with zero attached hydrogens (tertiary/aromatic N) is 1. The number of anilines is 1. The van der Waals surface area contributed by atoms with Crippen LogP contribution in [0.1, 0.15) is 42.3 Å². The molecule has 2 N–H and O–H groups in total. The van der Waals surface area contributed by atoms with Gasteiger partial charge < -0.3 is 19.9 Å². The molecule has 7 heteroatoms. The first-order valence-corrected chi connectivity index (χ1v) is 10.2. The summed E-state index contributed by atoms with van der Waals surface area (Å²) in [5, 5.41) is 3.35. The second-order valence-corrected chi connectivity index (χ2v) is 8.63. The summed E-state index contributed by atoms with van der Waals surface area (Å²) in [6.07, 6.45) is 1.67. The molecule has 2 heterocycles. The number of nitrogens with one attached hydrogen (secondary N) is 2. The van der Waals surface area contributed by atoms with Crippen molar-refractivity contribution in [3.05, 3.63) is 75.6 Å². The summed E-state index contributed by atoms with van der Waals surface area (Å²) in [4.78, 5) is 42.7. The molecule has 0 fully saturated rings. The predicted molar refractivity (Wildman–Crippen MR) is 119 cm³/mol. The van der Waals surface area contributed by atoms with Gasteiger partial charge in [-0.3, -0.25) is 9.59 Å². The highest BCUT2D eigenvalue weighted by Crippen LogP contribution is 2.27. The fourth-order valence-electron chi connectivity index (χ4n) is 3.73. The van der Waals surface area contributed by atoms with Crippen molar-refractivity contribution >= 4 is 28.6 Å². The van der Waals surface area contributed by atoms with Crippen molar-refractivity contribution in [1.29, 1.82) is 0 Å². The third kappa shape index (κ3) is 4.30.